The summed E-state index contributed by atoms with van der Waals surface area (Å²) in [5, 5.41) is 21.1. The molecule has 14 heavy (non-hydrogen) atoms. The SMILES string of the molecule is CC(CC1CC1)NCC(C)(O)C(=O)O. The lowest BCUT2D eigenvalue weighted by Gasteiger charge is -2.21. The van der Waals surface area contributed by atoms with E-state index in [4.69, 9.17) is 5.11 Å². The van der Waals surface area contributed by atoms with Gasteiger partial charge in [-0.15, -0.1) is 0 Å². The van der Waals surface area contributed by atoms with Gasteiger partial charge in [0.05, 0.1) is 0 Å². The van der Waals surface area contributed by atoms with Crippen LogP contribution in [0.1, 0.15) is 33.1 Å². The highest BCUT2D eigenvalue weighted by Gasteiger charge is 2.30. The molecule has 82 valence electrons. The van der Waals surface area contributed by atoms with Crippen molar-refractivity contribution in [3.63, 3.8) is 0 Å². The molecule has 0 radical (unpaired) electrons. The molecule has 4 nitrogen and oxygen atoms in total. The van der Waals surface area contributed by atoms with E-state index in [2.05, 4.69) is 5.32 Å². The maximum absolute atomic E-state index is 10.6. The second-order valence-electron chi connectivity index (χ2n) is 4.54. The van der Waals surface area contributed by atoms with Crippen molar-refractivity contribution in [3.05, 3.63) is 0 Å². The molecule has 1 aliphatic rings. The first-order valence-electron chi connectivity index (χ1n) is 5.11. The Kier molecular flexibility index (Phi) is 3.50. The van der Waals surface area contributed by atoms with Crippen molar-refractivity contribution in [1.82, 2.24) is 5.32 Å². The highest BCUT2D eigenvalue weighted by atomic mass is 16.4. The van der Waals surface area contributed by atoms with Crippen LogP contribution in [-0.4, -0.2) is 34.4 Å². The van der Waals surface area contributed by atoms with E-state index in [0.29, 0.717) is 0 Å². The van der Waals surface area contributed by atoms with E-state index < -0.39 is 11.6 Å². The number of aliphatic carboxylic acids is 1. The Morgan fingerprint density at radius 1 is 1.64 bits per heavy atom. The normalized spacial score (nSPS) is 22.8. The first-order chi connectivity index (χ1) is 6.42. The second-order valence-corrected chi connectivity index (χ2v) is 4.54. The predicted octanol–water partition coefficient (Wildman–Crippen LogP) is 0.600. The van der Waals surface area contributed by atoms with E-state index in [1.54, 1.807) is 0 Å². The summed E-state index contributed by atoms with van der Waals surface area (Å²) in [5.41, 5.74) is -1.65. The van der Waals surface area contributed by atoms with E-state index in [1.807, 2.05) is 6.92 Å². The van der Waals surface area contributed by atoms with Gasteiger partial charge in [-0.25, -0.2) is 4.79 Å². The maximum atomic E-state index is 10.6. The van der Waals surface area contributed by atoms with E-state index in [-0.39, 0.29) is 12.6 Å². The fraction of sp³-hybridized carbons (Fsp3) is 0.900. The summed E-state index contributed by atoms with van der Waals surface area (Å²) in [6.45, 7) is 3.44. The Bertz CT molecular complexity index is 211. The molecular weight excluding hydrogens is 182 g/mol. The van der Waals surface area contributed by atoms with Crippen molar-refractivity contribution in [2.75, 3.05) is 6.54 Å². The van der Waals surface area contributed by atoms with Gasteiger partial charge in [0.1, 0.15) is 0 Å². The highest BCUT2D eigenvalue weighted by molar-refractivity contribution is 5.76. The molecular formula is C10H19NO3. The lowest BCUT2D eigenvalue weighted by Crippen LogP contribution is -2.47. The molecule has 3 N–H and O–H groups in total. The second kappa shape index (κ2) is 4.28. The number of aliphatic hydroxyl groups is 1. The van der Waals surface area contributed by atoms with Crippen LogP contribution in [0, 0.1) is 5.92 Å². The first kappa shape index (κ1) is 11.5. The summed E-state index contributed by atoms with van der Waals surface area (Å²) in [5.74, 6) is -0.365. The fourth-order valence-electron chi connectivity index (χ4n) is 1.39. The van der Waals surface area contributed by atoms with Gasteiger partial charge in [-0.1, -0.05) is 12.8 Å². The van der Waals surface area contributed by atoms with Gasteiger partial charge < -0.3 is 15.5 Å². The van der Waals surface area contributed by atoms with E-state index in [9.17, 15) is 9.90 Å². The monoisotopic (exact) mass is 201 g/mol. The Balaban J connectivity index is 2.20. The topological polar surface area (TPSA) is 69.6 Å². The molecule has 0 aromatic rings. The maximum Gasteiger partial charge on any atom is 0.336 e. The van der Waals surface area contributed by atoms with Crippen molar-refractivity contribution in [2.24, 2.45) is 5.92 Å². The summed E-state index contributed by atoms with van der Waals surface area (Å²) >= 11 is 0. The van der Waals surface area contributed by atoms with Crippen molar-refractivity contribution in [2.45, 2.75) is 44.8 Å². The van der Waals surface area contributed by atoms with Gasteiger partial charge in [0.25, 0.3) is 0 Å². The zero-order valence-electron chi connectivity index (χ0n) is 8.79. The standard InChI is InChI=1S/C10H19NO3/c1-7(5-8-3-4-8)11-6-10(2,14)9(12)13/h7-8,11,14H,3-6H2,1-2H3,(H,12,13). The summed E-state index contributed by atoms with van der Waals surface area (Å²) in [6.07, 6.45) is 3.67. The Morgan fingerprint density at radius 3 is 2.64 bits per heavy atom. The third kappa shape index (κ3) is 3.64. The van der Waals surface area contributed by atoms with Gasteiger partial charge in [-0.3, -0.25) is 0 Å². The molecule has 1 saturated carbocycles. The molecule has 1 aliphatic carbocycles. The van der Waals surface area contributed by atoms with E-state index in [0.717, 1.165) is 12.3 Å². The molecule has 4 heteroatoms. The van der Waals surface area contributed by atoms with Crippen LogP contribution in [0.3, 0.4) is 0 Å². The quantitative estimate of drug-likeness (QED) is 0.588. The number of nitrogens with one attached hydrogen (secondary N) is 1. The van der Waals surface area contributed by atoms with Crippen molar-refractivity contribution in [3.8, 4) is 0 Å². The van der Waals surface area contributed by atoms with Crippen molar-refractivity contribution < 1.29 is 15.0 Å². The third-order valence-electron chi connectivity index (χ3n) is 2.64. The van der Waals surface area contributed by atoms with Crippen LogP contribution < -0.4 is 5.32 Å². The molecule has 2 unspecified atom stereocenters. The van der Waals surface area contributed by atoms with Gasteiger partial charge >= 0.3 is 5.97 Å². The molecule has 0 aromatic carbocycles. The summed E-state index contributed by atoms with van der Waals surface area (Å²) in [6, 6.07) is 0.285. The number of carboxylic acids is 1. The summed E-state index contributed by atoms with van der Waals surface area (Å²) in [4.78, 5) is 10.6. The Hall–Kier alpha value is -0.610. The summed E-state index contributed by atoms with van der Waals surface area (Å²) < 4.78 is 0. The first-order valence-corrected chi connectivity index (χ1v) is 5.11. The number of carboxylic acid groups (broad SMARTS) is 1. The summed E-state index contributed by atoms with van der Waals surface area (Å²) in [7, 11) is 0. The fourth-order valence-corrected chi connectivity index (χ4v) is 1.39. The van der Waals surface area contributed by atoms with Gasteiger partial charge in [-0.2, -0.15) is 0 Å². The average Bonchev–Trinajstić information content (AvgIpc) is 2.85. The molecule has 0 saturated heterocycles. The lowest BCUT2D eigenvalue weighted by atomic mass is 10.1. The Labute approximate surface area is 84.3 Å². The number of hydrogen-bond acceptors (Lipinski definition) is 3. The van der Waals surface area contributed by atoms with Crippen LogP contribution in [0.2, 0.25) is 0 Å². The number of hydrogen-bond donors (Lipinski definition) is 3. The van der Waals surface area contributed by atoms with Gasteiger partial charge in [0.15, 0.2) is 5.60 Å². The van der Waals surface area contributed by atoms with Gasteiger partial charge in [0.2, 0.25) is 0 Å². The van der Waals surface area contributed by atoms with Crippen LogP contribution in [0.15, 0.2) is 0 Å². The number of carbonyl (C=O) groups is 1. The van der Waals surface area contributed by atoms with Crippen LogP contribution >= 0.6 is 0 Å². The molecule has 0 amide bonds. The van der Waals surface area contributed by atoms with Crippen molar-refractivity contribution in [1.29, 1.82) is 0 Å². The lowest BCUT2D eigenvalue weighted by molar-refractivity contribution is -0.156. The van der Waals surface area contributed by atoms with Crippen molar-refractivity contribution >= 4 is 5.97 Å². The van der Waals surface area contributed by atoms with E-state index in [1.165, 1.54) is 19.8 Å². The smallest absolute Gasteiger partial charge is 0.336 e. The largest absolute Gasteiger partial charge is 0.479 e. The molecule has 0 aromatic heterocycles. The number of rotatable bonds is 6. The van der Waals surface area contributed by atoms with Crippen LogP contribution in [0.4, 0.5) is 0 Å². The third-order valence-corrected chi connectivity index (χ3v) is 2.64. The Morgan fingerprint density at radius 2 is 2.21 bits per heavy atom. The molecule has 0 spiro atoms. The molecule has 1 rings (SSSR count). The minimum atomic E-state index is -1.65. The van der Waals surface area contributed by atoms with Crippen LogP contribution in [0.25, 0.3) is 0 Å². The average molecular weight is 201 g/mol. The minimum absolute atomic E-state index is 0.107. The van der Waals surface area contributed by atoms with E-state index >= 15 is 0 Å². The zero-order chi connectivity index (χ0) is 10.8. The zero-order valence-corrected chi connectivity index (χ0v) is 8.79. The molecule has 0 aliphatic heterocycles. The molecule has 2 atom stereocenters. The predicted molar refractivity (Wildman–Crippen MR) is 53.1 cm³/mol. The minimum Gasteiger partial charge on any atom is -0.479 e. The molecule has 1 fully saturated rings. The van der Waals surface area contributed by atoms with Crippen LogP contribution in [-0.2, 0) is 4.79 Å². The van der Waals surface area contributed by atoms with Crippen LogP contribution in [0.5, 0.6) is 0 Å². The molecule has 0 heterocycles. The van der Waals surface area contributed by atoms with Gasteiger partial charge in [-0.05, 0) is 26.2 Å². The van der Waals surface area contributed by atoms with Gasteiger partial charge in [0, 0.05) is 12.6 Å². The highest BCUT2D eigenvalue weighted by Crippen LogP contribution is 2.33. The molecule has 0 bridgehead atoms.